The molecule has 2 aromatic rings. The highest BCUT2D eigenvalue weighted by molar-refractivity contribution is 7.26. The van der Waals surface area contributed by atoms with Crippen molar-refractivity contribution in [2.45, 2.75) is 39.2 Å². The van der Waals surface area contributed by atoms with Crippen LogP contribution in [0.4, 0.5) is 0 Å². The van der Waals surface area contributed by atoms with Crippen LogP contribution in [0.5, 0.6) is 0 Å². The molecule has 1 fully saturated rings. The highest BCUT2D eigenvalue weighted by Crippen LogP contribution is 2.43. The molecule has 0 spiro atoms. The molecule has 3 unspecified atom stereocenters. The lowest BCUT2D eigenvalue weighted by Crippen LogP contribution is -2.30. The normalized spacial score (nSPS) is 29.7. The molecule has 1 nitrogen and oxygen atoms in total. The van der Waals surface area contributed by atoms with Gasteiger partial charge in [-0.2, -0.15) is 0 Å². The van der Waals surface area contributed by atoms with E-state index in [1.54, 1.807) is 0 Å². The number of hydrogen-bond donors (Lipinski definition) is 1. The Kier molecular flexibility index (Phi) is 3.97. The van der Waals surface area contributed by atoms with Crippen molar-refractivity contribution in [2.75, 3.05) is 7.05 Å². The van der Waals surface area contributed by atoms with Gasteiger partial charge in [-0.1, -0.05) is 13.8 Å². The SMILES string of the molecule is CNC(c1cc2sccc2s1)C1CC(C)CC(C)C1. The Balaban J connectivity index is 1.85. The Morgan fingerprint density at radius 3 is 2.53 bits per heavy atom. The van der Waals surface area contributed by atoms with Crippen molar-refractivity contribution in [1.82, 2.24) is 5.32 Å². The molecule has 0 radical (unpaired) electrons. The quantitative estimate of drug-likeness (QED) is 0.810. The average molecular weight is 294 g/mol. The van der Waals surface area contributed by atoms with Crippen LogP contribution in [-0.4, -0.2) is 7.05 Å². The smallest absolute Gasteiger partial charge is 0.0454 e. The van der Waals surface area contributed by atoms with Crippen LogP contribution in [-0.2, 0) is 0 Å². The molecule has 2 aromatic heterocycles. The first-order chi connectivity index (χ1) is 9.17. The fraction of sp³-hybridized carbons (Fsp3) is 0.625. The zero-order valence-corrected chi connectivity index (χ0v) is 13.6. The second kappa shape index (κ2) is 5.55. The molecule has 3 heteroatoms. The van der Waals surface area contributed by atoms with Gasteiger partial charge in [0.1, 0.15) is 0 Å². The van der Waals surface area contributed by atoms with Gasteiger partial charge in [0.05, 0.1) is 0 Å². The third-order valence-corrected chi connectivity index (χ3v) is 6.64. The van der Waals surface area contributed by atoms with E-state index < -0.39 is 0 Å². The Morgan fingerprint density at radius 1 is 1.16 bits per heavy atom. The van der Waals surface area contributed by atoms with Gasteiger partial charge in [-0.15, -0.1) is 22.7 Å². The highest BCUT2D eigenvalue weighted by Gasteiger charge is 2.31. The van der Waals surface area contributed by atoms with E-state index in [9.17, 15) is 0 Å². The summed E-state index contributed by atoms with van der Waals surface area (Å²) in [6.45, 7) is 4.84. The topological polar surface area (TPSA) is 12.0 Å². The lowest BCUT2D eigenvalue weighted by atomic mass is 9.73. The summed E-state index contributed by atoms with van der Waals surface area (Å²) in [5, 5.41) is 5.79. The average Bonchev–Trinajstić information content (AvgIpc) is 2.89. The monoisotopic (exact) mass is 293 g/mol. The minimum Gasteiger partial charge on any atom is -0.312 e. The number of nitrogens with one attached hydrogen (secondary N) is 1. The molecule has 0 bridgehead atoms. The number of thiophene rings is 2. The summed E-state index contributed by atoms with van der Waals surface area (Å²) >= 11 is 3.85. The molecule has 0 aromatic carbocycles. The summed E-state index contributed by atoms with van der Waals surface area (Å²) in [5.41, 5.74) is 0. The molecular formula is C16H23NS2. The van der Waals surface area contributed by atoms with Crippen molar-refractivity contribution in [3.8, 4) is 0 Å². The first-order valence-electron chi connectivity index (χ1n) is 7.31. The number of fused-ring (bicyclic) bond motifs is 1. The van der Waals surface area contributed by atoms with Gasteiger partial charge >= 0.3 is 0 Å². The number of rotatable bonds is 3. The predicted molar refractivity (Wildman–Crippen MR) is 87.2 cm³/mol. The Morgan fingerprint density at radius 2 is 1.89 bits per heavy atom. The van der Waals surface area contributed by atoms with Crippen LogP contribution in [0.15, 0.2) is 17.5 Å². The lowest BCUT2D eigenvalue weighted by molar-refractivity contribution is 0.182. The molecule has 0 saturated heterocycles. The van der Waals surface area contributed by atoms with Gasteiger partial charge < -0.3 is 5.32 Å². The van der Waals surface area contributed by atoms with Gasteiger partial charge in [0.25, 0.3) is 0 Å². The van der Waals surface area contributed by atoms with E-state index in [2.05, 4.69) is 43.7 Å². The van der Waals surface area contributed by atoms with Gasteiger partial charge in [-0.05, 0) is 61.6 Å². The minimum atomic E-state index is 0.551. The Hall–Kier alpha value is -0.380. The van der Waals surface area contributed by atoms with Crippen LogP contribution >= 0.6 is 22.7 Å². The van der Waals surface area contributed by atoms with E-state index in [1.807, 2.05) is 22.7 Å². The fourth-order valence-corrected chi connectivity index (χ4v) is 6.15. The summed E-state index contributed by atoms with van der Waals surface area (Å²) in [6, 6.07) is 5.22. The molecule has 19 heavy (non-hydrogen) atoms. The Bertz CT molecular complexity index is 503. The van der Waals surface area contributed by atoms with Crippen LogP contribution in [0.3, 0.4) is 0 Å². The van der Waals surface area contributed by atoms with Crippen LogP contribution in [0.1, 0.15) is 44.0 Å². The van der Waals surface area contributed by atoms with E-state index >= 15 is 0 Å². The molecule has 3 atom stereocenters. The summed E-state index contributed by atoms with van der Waals surface area (Å²) in [5.74, 6) is 2.56. The summed E-state index contributed by atoms with van der Waals surface area (Å²) < 4.78 is 2.91. The van der Waals surface area contributed by atoms with Crippen LogP contribution in [0.2, 0.25) is 0 Å². The van der Waals surface area contributed by atoms with Crippen LogP contribution in [0.25, 0.3) is 9.40 Å². The zero-order chi connectivity index (χ0) is 13.4. The first-order valence-corrected chi connectivity index (χ1v) is 9.01. The molecular weight excluding hydrogens is 270 g/mol. The molecule has 1 N–H and O–H groups in total. The van der Waals surface area contributed by atoms with Crippen molar-refractivity contribution in [1.29, 1.82) is 0 Å². The van der Waals surface area contributed by atoms with Gasteiger partial charge in [0.2, 0.25) is 0 Å². The maximum absolute atomic E-state index is 3.59. The van der Waals surface area contributed by atoms with E-state index in [-0.39, 0.29) is 0 Å². The van der Waals surface area contributed by atoms with Crippen molar-refractivity contribution < 1.29 is 0 Å². The van der Waals surface area contributed by atoms with Crippen molar-refractivity contribution >= 4 is 32.1 Å². The molecule has 1 aliphatic rings. The van der Waals surface area contributed by atoms with Crippen molar-refractivity contribution in [3.63, 3.8) is 0 Å². The molecule has 104 valence electrons. The fourth-order valence-electron chi connectivity index (χ4n) is 3.83. The van der Waals surface area contributed by atoms with E-state index in [0.29, 0.717) is 6.04 Å². The highest BCUT2D eigenvalue weighted by atomic mass is 32.1. The van der Waals surface area contributed by atoms with Gasteiger partial charge in [0, 0.05) is 20.3 Å². The predicted octanol–water partition coefficient (Wildman–Crippen LogP) is 5.30. The number of hydrogen-bond acceptors (Lipinski definition) is 3. The van der Waals surface area contributed by atoms with Gasteiger partial charge in [-0.25, -0.2) is 0 Å². The van der Waals surface area contributed by atoms with Gasteiger partial charge in [-0.3, -0.25) is 0 Å². The van der Waals surface area contributed by atoms with Crippen LogP contribution in [0, 0.1) is 17.8 Å². The third kappa shape index (κ3) is 2.74. The van der Waals surface area contributed by atoms with Crippen molar-refractivity contribution in [2.24, 2.45) is 17.8 Å². The largest absolute Gasteiger partial charge is 0.312 e. The van der Waals surface area contributed by atoms with E-state index in [0.717, 1.165) is 17.8 Å². The van der Waals surface area contributed by atoms with E-state index in [1.165, 1.54) is 33.5 Å². The lowest BCUT2D eigenvalue weighted by Gasteiger charge is -2.36. The van der Waals surface area contributed by atoms with Crippen molar-refractivity contribution in [3.05, 3.63) is 22.4 Å². The molecule has 3 rings (SSSR count). The summed E-state index contributed by atoms with van der Waals surface area (Å²) in [4.78, 5) is 1.54. The third-order valence-electron chi connectivity index (χ3n) is 4.46. The first kappa shape index (κ1) is 13.6. The summed E-state index contributed by atoms with van der Waals surface area (Å²) in [6.07, 6.45) is 4.16. The van der Waals surface area contributed by atoms with E-state index in [4.69, 9.17) is 0 Å². The van der Waals surface area contributed by atoms with Gasteiger partial charge in [0.15, 0.2) is 0 Å². The zero-order valence-electron chi connectivity index (χ0n) is 12.0. The second-order valence-corrected chi connectivity index (χ2v) is 8.30. The molecule has 0 aliphatic heterocycles. The molecule has 1 saturated carbocycles. The molecule has 2 heterocycles. The standard InChI is InChI=1S/C16H23NS2/c1-10-6-11(2)8-12(7-10)16(17-3)15-9-14-13(19-15)4-5-18-14/h4-5,9-12,16-17H,6-8H2,1-3H3. The minimum absolute atomic E-state index is 0.551. The second-order valence-electron chi connectivity index (χ2n) is 6.24. The van der Waals surface area contributed by atoms with Crippen LogP contribution < -0.4 is 5.32 Å². The summed E-state index contributed by atoms with van der Waals surface area (Å²) in [7, 11) is 2.13. The maximum atomic E-state index is 3.59. The molecule has 1 aliphatic carbocycles. The molecule has 0 amide bonds. The maximum Gasteiger partial charge on any atom is 0.0454 e. The Labute approximate surface area is 124 Å².